The summed E-state index contributed by atoms with van der Waals surface area (Å²) in [6.45, 7) is 8.77. The molecule has 33 heavy (non-hydrogen) atoms. The van der Waals surface area contributed by atoms with Gasteiger partial charge in [-0.25, -0.2) is 0 Å². The van der Waals surface area contributed by atoms with Crippen LogP contribution in [0, 0.1) is 23.7 Å². The van der Waals surface area contributed by atoms with Gasteiger partial charge in [-0.15, -0.1) is 0 Å². The molecule has 0 bridgehead atoms. The molecule has 9 heteroatoms. The van der Waals surface area contributed by atoms with Crippen LogP contribution in [0.15, 0.2) is 0 Å². The molecule has 0 aromatic heterocycles. The molecule has 0 spiro atoms. The van der Waals surface area contributed by atoms with E-state index >= 15 is 0 Å². The Morgan fingerprint density at radius 2 is 1.55 bits per heavy atom. The van der Waals surface area contributed by atoms with Gasteiger partial charge in [0.15, 0.2) is 0 Å². The maximum absolute atomic E-state index is 13.2. The van der Waals surface area contributed by atoms with E-state index in [1.165, 1.54) is 7.11 Å². The lowest BCUT2D eigenvalue weighted by Gasteiger charge is -2.43. The highest BCUT2D eigenvalue weighted by Gasteiger charge is 2.55. The fourth-order valence-electron chi connectivity index (χ4n) is 5.84. The summed E-state index contributed by atoms with van der Waals surface area (Å²) in [7, 11) is 1.24. The van der Waals surface area contributed by atoms with Gasteiger partial charge in [0, 0.05) is 36.8 Å². The SMILES string of the molecule is COC(=O)CNC(=O)c1c(O)c2c(c3c1O[C@@]1(C)OC[C@H](C)[C@H]1C3)O[C@@]1(C)OC[C@H](C)[C@H]1C2. The maximum Gasteiger partial charge on any atom is 0.325 e. The van der Waals surface area contributed by atoms with E-state index in [1.807, 2.05) is 13.8 Å². The van der Waals surface area contributed by atoms with Crippen LogP contribution in [0.2, 0.25) is 0 Å². The number of aromatic hydroxyl groups is 1. The first-order valence-corrected chi connectivity index (χ1v) is 11.5. The van der Waals surface area contributed by atoms with Gasteiger partial charge in [0.05, 0.1) is 20.3 Å². The van der Waals surface area contributed by atoms with Gasteiger partial charge in [-0.1, -0.05) is 13.8 Å². The Kier molecular flexibility index (Phi) is 5.06. The molecule has 0 aliphatic carbocycles. The van der Waals surface area contributed by atoms with E-state index in [0.29, 0.717) is 37.4 Å². The van der Waals surface area contributed by atoms with E-state index in [-0.39, 0.29) is 47.3 Å². The molecule has 1 amide bonds. The monoisotopic (exact) mass is 461 g/mol. The van der Waals surface area contributed by atoms with Crippen LogP contribution < -0.4 is 14.8 Å². The van der Waals surface area contributed by atoms with Gasteiger partial charge in [0.1, 0.15) is 29.4 Å². The third-order valence-corrected chi connectivity index (χ3v) is 7.86. The van der Waals surface area contributed by atoms with Crippen molar-refractivity contribution in [3.05, 3.63) is 16.7 Å². The second kappa shape index (κ2) is 7.50. The number of ether oxygens (including phenoxy) is 5. The Balaban J connectivity index is 1.64. The highest BCUT2D eigenvalue weighted by atomic mass is 16.7. The van der Waals surface area contributed by atoms with Crippen molar-refractivity contribution in [1.29, 1.82) is 0 Å². The summed E-state index contributed by atoms with van der Waals surface area (Å²) >= 11 is 0. The fourth-order valence-corrected chi connectivity index (χ4v) is 5.84. The molecule has 0 saturated carbocycles. The lowest BCUT2D eigenvalue weighted by atomic mass is 9.77. The number of phenolic OH excluding ortho intramolecular Hbond substituents is 1. The van der Waals surface area contributed by atoms with Crippen LogP contribution in [0.4, 0.5) is 0 Å². The number of benzene rings is 1. The van der Waals surface area contributed by atoms with E-state index < -0.39 is 23.5 Å². The maximum atomic E-state index is 13.2. The standard InChI is InChI=1S/C24H31NO8/c1-11-9-30-23(3)15(11)6-13-19(27)18(22(28)25-8-17(26)29-5)21-14(20(13)32-23)7-16-12(2)10-31-24(16,4)33-21/h11-12,15-16,27H,6-10H2,1-5H3,(H,25,28)/t11-,12-,15+,16+,23+,24+/m0/s1. The van der Waals surface area contributed by atoms with Crippen molar-refractivity contribution < 1.29 is 38.4 Å². The van der Waals surface area contributed by atoms with Crippen LogP contribution >= 0.6 is 0 Å². The number of carbonyl (C=O) groups is 2. The van der Waals surface area contributed by atoms with Crippen LogP contribution in [0.3, 0.4) is 0 Å². The molecule has 2 N–H and O–H groups in total. The summed E-state index contributed by atoms with van der Waals surface area (Å²) < 4.78 is 29.4. The molecule has 180 valence electrons. The first kappa shape index (κ1) is 22.3. The zero-order chi connectivity index (χ0) is 23.7. The average Bonchev–Trinajstić information content (AvgIpc) is 3.24. The van der Waals surface area contributed by atoms with Crippen LogP contribution in [-0.2, 0) is 31.8 Å². The van der Waals surface area contributed by atoms with Crippen molar-refractivity contribution >= 4 is 11.9 Å². The molecular weight excluding hydrogens is 430 g/mol. The minimum atomic E-state index is -0.927. The third kappa shape index (κ3) is 3.27. The molecule has 4 aliphatic rings. The lowest BCUT2D eigenvalue weighted by molar-refractivity contribution is -0.174. The van der Waals surface area contributed by atoms with E-state index in [1.54, 1.807) is 0 Å². The highest BCUT2D eigenvalue weighted by molar-refractivity contribution is 6.02. The second-order valence-electron chi connectivity index (χ2n) is 10.0. The Hall–Kier alpha value is -2.52. The number of rotatable bonds is 3. The van der Waals surface area contributed by atoms with Gasteiger partial charge >= 0.3 is 5.97 Å². The van der Waals surface area contributed by atoms with Gasteiger partial charge in [0.25, 0.3) is 5.91 Å². The predicted octanol–water partition coefficient (Wildman–Crippen LogP) is 2.16. The minimum Gasteiger partial charge on any atom is -0.507 e. The first-order valence-electron chi connectivity index (χ1n) is 11.5. The largest absolute Gasteiger partial charge is 0.507 e. The first-order chi connectivity index (χ1) is 15.6. The zero-order valence-corrected chi connectivity index (χ0v) is 19.6. The molecule has 6 atom stereocenters. The number of carbonyl (C=O) groups excluding carboxylic acids is 2. The number of methoxy groups -OCH3 is 1. The molecule has 4 heterocycles. The van der Waals surface area contributed by atoms with Crippen LogP contribution in [-0.4, -0.2) is 55.4 Å². The van der Waals surface area contributed by atoms with Crippen molar-refractivity contribution in [3.8, 4) is 17.2 Å². The van der Waals surface area contributed by atoms with E-state index in [2.05, 4.69) is 23.9 Å². The van der Waals surface area contributed by atoms with Crippen molar-refractivity contribution in [2.45, 2.75) is 52.1 Å². The Morgan fingerprint density at radius 3 is 2.12 bits per heavy atom. The number of hydrogen-bond donors (Lipinski definition) is 2. The summed E-state index contributed by atoms with van der Waals surface area (Å²) in [6.07, 6.45) is 1.08. The molecular formula is C24H31NO8. The van der Waals surface area contributed by atoms with Crippen molar-refractivity contribution in [2.75, 3.05) is 26.9 Å². The van der Waals surface area contributed by atoms with Crippen molar-refractivity contribution in [1.82, 2.24) is 5.32 Å². The molecule has 2 fully saturated rings. The van der Waals surface area contributed by atoms with Gasteiger partial charge < -0.3 is 34.1 Å². The normalized spacial score (nSPS) is 35.9. The predicted molar refractivity (Wildman–Crippen MR) is 115 cm³/mol. The van der Waals surface area contributed by atoms with Crippen LogP contribution in [0.25, 0.3) is 0 Å². The number of fused-ring (bicyclic) bond motifs is 5. The number of phenols is 1. The number of esters is 1. The molecule has 1 aromatic carbocycles. The average molecular weight is 462 g/mol. The summed E-state index contributed by atoms with van der Waals surface area (Å²) in [5, 5.41) is 13.9. The van der Waals surface area contributed by atoms with Gasteiger partial charge in [0.2, 0.25) is 11.6 Å². The molecule has 4 aliphatic heterocycles. The molecule has 9 nitrogen and oxygen atoms in total. The van der Waals surface area contributed by atoms with Crippen molar-refractivity contribution in [3.63, 3.8) is 0 Å². The highest BCUT2D eigenvalue weighted by Crippen LogP contribution is 2.57. The summed E-state index contributed by atoms with van der Waals surface area (Å²) in [5.74, 6) is -1.80. The second-order valence-corrected chi connectivity index (χ2v) is 10.0. The molecule has 1 aromatic rings. The Labute approximate surface area is 192 Å². The van der Waals surface area contributed by atoms with E-state index in [9.17, 15) is 14.7 Å². The van der Waals surface area contributed by atoms with E-state index in [4.69, 9.17) is 18.9 Å². The van der Waals surface area contributed by atoms with Crippen LogP contribution in [0.5, 0.6) is 17.2 Å². The number of hydrogen-bond acceptors (Lipinski definition) is 8. The lowest BCUT2D eigenvalue weighted by Crippen LogP contribution is -2.47. The smallest absolute Gasteiger partial charge is 0.325 e. The molecule has 0 unspecified atom stereocenters. The van der Waals surface area contributed by atoms with Gasteiger partial charge in [-0.2, -0.15) is 0 Å². The topological polar surface area (TPSA) is 113 Å². The Bertz CT molecular complexity index is 1020. The van der Waals surface area contributed by atoms with Gasteiger partial charge in [-0.3, -0.25) is 9.59 Å². The fraction of sp³-hybridized carbons (Fsp3) is 0.667. The summed E-state index contributed by atoms with van der Waals surface area (Å²) in [4.78, 5) is 24.8. The summed E-state index contributed by atoms with van der Waals surface area (Å²) in [5.41, 5.74) is 1.30. The number of amides is 1. The molecule has 2 saturated heterocycles. The number of nitrogens with one attached hydrogen (secondary N) is 1. The third-order valence-electron chi connectivity index (χ3n) is 7.86. The van der Waals surface area contributed by atoms with Crippen LogP contribution in [0.1, 0.15) is 49.2 Å². The molecule has 5 rings (SSSR count). The molecule has 0 radical (unpaired) electrons. The minimum absolute atomic E-state index is 0.00532. The zero-order valence-electron chi connectivity index (χ0n) is 19.6. The summed E-state index contributed by atoms with van der Waals surface area (Å²) in [6, 6.07) is 0. The quantitative estimate of drug-likeness (QED) is 0.659. The van der Waals surface area contributed by atoms with E-state index in [0.717, 1.165) is 5.56 Å². The van der Waals surface area contributed by atoms with Gasteiger partial charge in [-0.05, 0) is 24.7 Å². The Morgan fingerprint density at radius 1 is 1.00 bits per heavy atom. The van der Waals surface area contributed by atoms with Crippen molar-refractivity contribution in [2.24, 2.45) is 23.7 Å².